The van der Waals surface area contributed by atoms with Gasteiger partial charge in [-0.25, -0.2) is 4.79 Å². The number of hydrogen-bond acceptors (Lipinski definition) is 4. The van der Waals surface area contributed by atoms with E-state index < -0.39 is 24.4 Å². The van der Waals surface area contributed by atoms with Gasteiger partial charge in [-0.2, -0.15) is 0 Å². The van der Waals surface area contributed by atoms with Crippen molar-refractivity contribution in [3.05, 3.63) is 11.8 Å². The smallest absolute Gasteiger partial charge is 0.370 e. The van der Waals surface area contributed by atoms with Crippen LogP contribution in [0, 0.1) is 0 Å². The maximum absolute atomic E-state index is 9.84. The zero-order valence-electron chi connectivity index (χ0n) is 5.06. The predicted molar refractivity (Wildman–Crippen MR) is 31.4 cm³/mol. The number of carbonyl (C=O) groups is 1. The summed E-state index contributed by atoms with van der Waals surface area (Å²) in [6.45, 7) is -0.614. The topological polar surface area (TPSA) is 98.0 Å². The van der Waals surface area contributed by atoms with Crippen molar-refractivity contribution in [1.29, 1.82) is 0 Å². The Morgan fingerprint density at radius 3 is 2.30 bits per heavy atom. The fraction of sp³-hybridized carbons (Fsp3) is 0.400. The number of aliphatic hydroxyl groups excluding tert-OH is 3. The molecule has 0 aromatic rings. The summed E-state index contributed by atoms with van der Waals surface area (Å²) >= 11 is 0. The van der Waals surface area contributed by atoms with Gasteiger partial charge in [0.1, 0.15) is 0 Å². The third-order valence-electron chi connectivity index (χ3n) is 0.756. The molecule has 0 bridgehead atoms. The lowest BCUT2D eigenvalue weighted by molar-refractivity contribution is -0.135. The largest absolute Gasteiger partial charge is 0.502 e. The molecule has 0 heterocycles. The molecule has 0 radical (unpaired) electrons. The third-order valence-corrected chi connectivity index (χ3v) is 0.756. The van der Waals surface area contributed by atoms with Crippen molar-refractivity contribution in [2.45, 2.75) is 6.10 Å². The highest BCUT2D eigenvalue weighted by atomic mass is 16.4. The summed E-state index contributed by atoms with van der Waals surface area (Å²) in [6, 6.07) is 0. The average molecular weight is 148 g/mol. The highest BCUT2D eigenvalue weighted by molar-refractivity contribution is 5.83. The van der Waals surface area contributed by atoms with Gasteiger partial charge >= 0.3 is 5.97 Å². The minimum Gasteiger partial charge on any atom is -0.502 e. The molecule has 0 aliphatic carbocycles. The van der Waals surface area contributed by atoms with Crippen molar-refractivity contribution in [3.63, 3.8) is 0 Å². The molecule has 1 atom stereocenters. The molecule has 0 saturated carbocycles. The van der Waals surface area contributed by atoms with Gasteiger partial charge in [-0.05, 0) is 6.08 Å². The van der Waals surface area contributed by atoms with E-state index in [9.17, 15) is 4.79 Å². The van der Waals surface area contributed by atoms with E-state index in [0.717, 1.165) is 0 Å². The van der Waals surface area contributed by atoms with Gasteiger partial charge in [0.15, 0.2) is 5.76 Å². The number of carboxylic acid groups (broad SMARTS) is 1. The minimum atomic E-state index is -1.53. The lowest BCUT2D eigenvalue weighted by Crippen LogP contribution is -2.11. The molecular weight excluding hydrogens is 140 g/mol. The van der Waals surface area contributed by atoms with Crippen LogP contribution >= 0.6 is 0 Å². The molecule has 0 rings (SSSR count). The van der Waals surface area contributed by atoms with E-state index >= 15 is 0 Å². The van der Waals surface area contributed by atoms with Gasteiger partial charge in [-0.1, -0.05) is 0 Å². The van der Waals surface area contributed by atoms with Crippen molar-refractivity contribution >= 4 is 5.97 Å². The number of hydrogen-bond donors (Lipinski definition) is 4. The summed E-state index contributed by atoms with van der Waals surface area (Å²) in [5.41, 5.74) is 0. The third kappa shape index (κ3) is 3.06. The van der Waals surface area contributed by atoms with Gasteiger partial charge in [-0.15, -0.1) is 0 Å². The van der Waals surface area contributed by atoms with Crippen molar-refractivity contribution in [3.8, 4) is 0 Å². The first-order chi connectivity index (χ1) is 4.57. The molecule has 0 aromatic heterocycles. The first-order valence-corrected chi connectivity index (χ1v) is 2.51. The molecular formula is C5H8O5. The van der Waals surface area contributed by atoms with E-state index in [1.54, 1.807) is 0 Å². The molecule has 4 N–H and O–H groups in total. The van der Waals surface area contributed by atoms with Crippen LogP contribution in [-0.4, -0.2) is 39.1 Å². The number of aliphatic hydroxyl groups is 3. The summed E-state index contributed by atoms with van der Waals surface area (Å²) < 4.78 is 0. The van der Waals surface area contributed by atoms with Crippen molar-refractivity contribution < 1.29 is 25.2 Å². The van der Waals surface area contributed by atoms with Gasteiger partial charge in [-0.3, -0.25) is 0 Å². The molecule has 0 saturated heterocycles. The summed E-state index contributed by atoms with van der Waals surface area (Å²) in [5, 5.41) is 33.1. The van der Waals surface area contributed by atoms with Gasteiger partial charge in [0.25, 0.3) is 0 Å². The van der Waals surface area contributed by atoms with Crippen molar-refractivity contribution in [2.75, 3.05) is 6.61 Å². The van der Waals surface area contributed by atoms with Crippen LogP contribution in [0.2, 0.25) is 0 Å². The number of carboxylic acids is 1. The van der Waals surface area contributed by atoms with E-state index in [1.807, 2.05) is 0 Å². The fourth-order valence-electron chi connectivity index (χ4n) is 0.306. The van der Waals surface area contributed by atoms with E-state index in [4.69, 9.17) is 20.4 Å². The second-order valence-corrected chi connectivity index (χ2v) is 1.61. The monoisotopic (exact) mass is 148 g/mol. The van der Waals surface area contributed by atoms with Crippen LogP contribution in [0.25, 0.3) is 0 Å². The quantitative estimate of drug-likeness (QED) is 0.300. The molecule has 0 spiro atoms. The molecule has 0 fully saturated rings. The Labute approximate surface area is 56.8 Å². The highest BCUT2D eigenvalue weighted by Crippen LogP contribution is 1.91. The SMILES string of the molecule is O=C(O)/C(O)=C/C(O)CO. The molecule has 10 heavy (non-hydrogen) atoms. The van der Waals surface area contributed by atoms with E-state index in [-0.39, 0.29) is 0 Å². The molecule has 5 nitrogen and oxygen atoms in total. The first-order valence-electron chi connectivity index (χ1n) is 2.51. The van der Waals surface area contributed by atoms with Crippen LogP contribution in [0.3, 0.4) is 0 Å². The first kappa shape index (κ1) is 8.93. The predicted octanol–water partition coefficient (Wildman–Crippen LogP) is -1.13. The van der Waals surface area contributed by atoms with Crippen LogP contribution in [0.15, 0.2) is 11.8 Å². The maximum atomic E-state index is 9.84. The Hall–Kier alpha value is -1.07. The number of rotatable bonds is 3. The average Bonchev–Trinajstić information content (AvgIpc) is 1.87. The lowest BCUT2D eigenvalue weighted by Gasteiger charge is -1.98. The standard InChI is InChI=1S/C5H8O5/c6-2-3(7)1-4(8)5(9)10/h1,3,6-8H,2H2,(H,9,10)/b4-1-. The zero-order valence-corrected chi connectivity index (χ0v) is 5.06. The molecule has 0 aliphatic heterocycles. The minimum absolute atomic E-state index is 0.614. The summed E-state index contributed by atoms with van der Waals surface area (Å²) in [4.78, 5) is 9.84. The Balaban J connectivity index is 4.02. The van der Waals surface area contributed by atoms with Crippen molar-refractivity contribution in [1.82, 2.24) is 0 Å². The fourth-order valence-corrected chi connectivity index (χ4v) is 0.306. The van der Waals surface area contributed by atoms with E-state index in [2.05, 4.69) is 0 Å². The van der Waals surface area contributed by atoms with Gasteiger partial charge in [0.2, 0.25) is 0 Å². The molecule has 58 valence electrons. The van der Waals surface area contributed by atoms with Crippen LogP contribution in [0.1, 0.15) is 0 Å². The number of aliphatic carboxylic acids is 1. The molecule has 0 aliphatic rings. The van der Waals surface area contributed by atoms with Crippen LogP contribution in [0.5, 0.6) is 0 Å². The summed E-state index contributed by atoms with van der Waals surface area (Å²) in [6.07, 6.45) is -0.682. The molecule has 0 aromatic carbocycles. The second-order valence-electron chi connectivity index (χ2n) is 1.61. The molecule has 1 unspecified atom stereocenters. The normalized spacial score (nSPS) is 14.8. The van der Waals surface area contributed by atoms with Gasteiger partial charge < -0.3 is 20.4 Å². The Bertz CT molecular complexity index is 150. The Morgan fingerprint density at radius 1 is 1.50 bits per heavy atom. The van der Waals surface area contributed by atoms with Crippen LogP contribution < -0.4 is 0 Å². The van der Waals surface area contributed by atoms with Crippen LogP contribution in [0.4, 0.5) is 0 Å². The highest BCUT2D eigenvalue weighted by Gasteiger charge is 2.06. The van der Waals surface area contributed by atoms with Gasteiger partial charge in [0.05, 0.1) is 12.7 Å². The Morgan fingerprint density at radius 2 is 2.00 bits per heavy atom. The maximum Gasteiger partial charge on any atom is 0.370 e. The lowest BCUT2D eigenvalue weighted by atomic mass is 10.3. The Kier molecular flexibility index (Phi) is 3.45. The zero-order chi connectivity index (χ0) is 8.15. The van der Waals surface area contributed by atoms with E-state index in [0.29, 0.717) is 6.08 Å². The molecule has 0 amide bonds. The molecule has 5 heteroatoms. The van der Waals surface area contributed by atoms with Gasteiger partial charge in [0, 0.05) is 0 Å². The van der Waals surface area contributed by atoms with E-state index in [1.165, 1.54) is 0 Å². The summed E-state index contributed by atoms with van der Waals surface area (Å²) in [7, 11) is 0. The van der Waals surface area contributed by atoms with Crippen LogP contribution in [-0.2, 0) is 4.79 Å². The van der Waals surface area contributed by atoms with Crippen molar-refractivity contribution in [2.24, 2.45) is 0 Å². The second kappa shape index (κ2) is 3.86. The summed E-state index contributed by atoms with van der Waals surface area (Å²) in [5.74, 6) is -2.51.